The molecule has 0 unspecified atom stereocenters. The van der Waals surface area contributed by atoms with E-state index in [1.165, 1.54) is 46.3 Å². The van der Waals surface area contributed by atoms with Crippen molar-refractivity contribution in [1.82, 2.24) is 10.2 Å². The highest BCUT2D eigenvalue weighted by Gasteiger charge is 2.50. The number of ether oxygens (including phenoxy) is 6. The van der Waals surface area contributed by atoms with Crippen molar-refractivity contribution in [3.8, 4) is 11.5 Å². The van der Waals surface area contributed by atoms with Gasteiger partial charge in [-0.2, -0.15) is 0 Å². The van der Waals surface area contributed by atoms with Crippen LogP contribution in [-0.4, -0.2) is 196 Å². The van der Waals surface area contributed by atoms with Crippen molar-refractivity contribution < 1.29 is 97.4 Å². The number of nitrogens with one attached hydrogen (secondary N) is 2. The summed E-state index contributed by atoms with van der Waals surface area (Å²) < 4.78 is 33.1. The van der Waals surface area contributed by atoms with Gasteiger partial charge in [0.15, 0.2) is 12.2 Å². The van der Waals surface area contributed by atoms with Crippen LogP contribution in [0.5, 0.6) is 11.5 Å². The molecule has 0 radical (unpaired) electrons. The molecule has 0 aliphatic carbocycles. The van der Waals surface area contributed by atoms with Gasteiger partial charge < -0.3 is 79.5 Å². The van der Waals surface area contributed by atoms with Gasteiger partial charge in [0.1, 0.15) is 48.1 Å². The summed E-state index contributed by atoms with van der Waals surface area (Å²) in [6.07, 6.45) is -8.34. The number of hydrogen-bond acceptors (Lipinski definition) is 20. The monoisotopic (exact) mass is 1310 g/mol. The molecule has 5 aliphatic heterocycles. The van der Waals surface area contributed by atoms with Crippen LogP contribution in [0.3, 0.4) is 0 Å². The zero-order chi connectivity index (χ0) is 65.7. The molecule has 2 saturated heterocycles. The first kappa shape index (κ1) is 66.6. The van der Waals surface area contributed by atoms with Gasteiger partial charge in [-0.3, -0.25) is 33.7 Å². The molecule has 486 valence electrons. The van der Waals surface area contributed by atoms with Gasteiger partial charge in [-0.1, -0.05) is 67.1 Å². The second-order valence-corrected chi connectivity index (χ2v) is 23.1. The lowest BCUT2D eigenvalue weighted by atomic mass is 9.95. The number of carbonyl (C=O) groups excluding carboxylic acids is 8. The third-order valence-corrected chi connectivity index (χ3v) is 17.4. The summed E-state index contributed by atoms with van der Waals surface area (Å²) in [5, 5.41) is 72.4. The fourth-order valence-electron chi connectivity index (χ4n) is 11.9. The molecule has 12 atom stereocenters. The standard InChI is InChI=1S/C65H67Cl2N5O20/c1-87-62(85)60-56(81)54(79)58(83)64(91-60)89-44-27-42-52(39-12-7-5-10-37(39)44)35(29-66)31-71(42)50(77)19-16-33-15-17-34(41(26-33)69-47(74)23-24-68-46(73)14-4-3-9-25-70-48(75)21-22-49(70)76)18-20-51(78)72-32-36(30-67)53-40-13-8-6-11-38(40)45(28-43(53)72)90-65-59(84)55(80)57(82)61(92-65)63(86)88-2/h5-8,10-13,15-22,26-28,35-36,54-61,64-65,79-84H,3-4,9,14,23-25,29-32H2,1-2H3,(H,68,73)(H,69,74)/t35-,36-,54+,55+,56+,57+,58-,59-,60+,61+,64-,65-/m1/s1. The normalized spacial score (nSPS) is 25.2. The minimum Gasteiger partial charge on any atom is -0.467 e. The Morgan fingerprint density at radius 3 is 1.57 bits per heavy atom. The first-order valence-corrected chi connectivity index (χ1v) is 30.7. The van der Waals surface area contributed by atoms with E-state index in [0.717, 1.165) is 24.7 Å². The van der Waals surface area contributed by atoms with E-state index in [2.05, 4.69) is 10.6 Å². The van der Waals surface area contributed by atoms with Crippen LogP contribution in [0.4, 0.5) is 17.1 Å². The molecule has 0 aromatic heterocycles. The van der Waals surface area contributed by atoms with Gasteiger partial charge in [0.05, 0.1) is 25.6 Å². The van der Waals surface area contributed by atoms with Gasteiger partial charge in [-0.05, 0) is 64.1 Å². The van der Waals surface area contributed by atoms with Crippen LogP contribution in [-0.2, 0) is 57.3 Å². The predicted octanol–water partition coefficient (Wildman–Crippen LogP) is 3.41. The Bertz CT molecular complexity index is 3770. The minimum absolute atomic E-state index is 0.0441. The second kappa shape index (κ2) is 29.1. The van der Waals surface area contributed by atoms with Crippen molar-refractivity contribution in [3.63, 3.8) is 0 Å². The van der Waals surface area contributed by atoms with E-state index in [1.54, 1.807) is 78.9 Å². The minimum atomic E-state index is -1.87. The molecule has 0 spiro atoms. The molecule has 2 fully saturated rings. The molecule has 6 amide bonds. The first-order valence-electron chi connectivity index (χ1n) is 29.6. The molecular formula is C65H67Cl2N5O20. The highest BCUT2D eigenvalue weighted by Crippen LogP contribution is 2.48. The summed E-state index contributed by atoms with van der Waals surface area (Å²) in [5.41, 5.74) is 3.17. The summed E-state index contributed by atoms with van der Waals surface area (Å²) >= 11 is 13.2. The highest BCUT2D eigenvalue weighted by molar-refractivity contribution is 6.20. The van der Waals surface area contributed by atoms with Crippen LogP contribution >= 0.6 is 23.2 Å². The molecule has 5 heterocycles. The average molecular weight is 1310 g/mol. The van der Waals surface area contributed by atoms with E-state index in [4.69, 9.17) is 51.6 Å². The van der Waals surface area contributed by atoms with Gasteiger partial charge in [0.25, 0.3) is 23.6 Å². The predicted molar refractivity (Wildman–Crippen MR) is 333 cm³/mol. The van der Waals surface area contributed by atoms with Crippen LogP contribution in [0.1, 0.15) is 66.2 Å². The van der Waals surface area contributed by atoms with Gasteiger partial charge >= 0.3 is 11.9 Å². The Kier molecular flexibility index (Phi) is 21.0. The number of alkyl halides is 2. The van der Waals surface area contributed by atoms with Crippen LogP contribution < -0.4 is 29.9 Å². The Balaban J connectivity index is 0.902. The summed E-state index contributed by atoms with van der Waals surface area (Å²) in [6.45, 7) is 0.431. The summed E-state index contributed by atoms with van der Waals surface area (Å²) in [4.78, 5) is 109. The number of hydrogen-bond donors (Lipinski definition) is 8. The van der Waals surface area contributed by atoms with Crippen LogP contribution in [0.2, 0.25) is 0 Å². The number of rotatable bonds is 22. The fourth-order valence-corrected chi connectivity index (χ4v) is 12.4. The zero-order valence-electron chi connectivity index (χ0n) is 49.7. The van der Waals surface area contributed by atoms with Crippen molar-refractivity contribution in [3.05, 3.63) is 125 Å². The number of benzene rings is 5. The summed E-state index contributed by atoms with van der Waals surface area (Å²) in [7, 11) is 2.13. The molecule has 5 aliphatic rings. The number of halogens is 2. The van der Waals surface area contributed by atoms with E-state index in [0.29, 0.717) is 68.9 Å². The maximum absolute atomic E-state index is 14.6. The Morgan fingerprint density at radius 2 is 1.08 bits per heavy atom. The van der Waals surface area contributed by atoms with Crippen molar-refractivity contribution in [1.29, 1.82) is 0 Å². The largest absolute Gasteiger partial charge is 0.467 e. The fraction of sp³-hybridized carbons (Fsp3) is 0.385. The molecule has 8 N–H and O–H groups in total. The maximum atomic E-state index is 14.6. The van der Waals surface area contributed by atoms with Gasteiger partial charge in [0, 0.05) is 116 Å². The molecular weight excluding hydrogens is 1240 g/mol. The van der Waals surface area contributed by atoms with Crippen LogP contribution in [0.15, 0.2) is 103 Å². The van der Waals surface area contributed by atoms with Gasteiger partial charge in [-0.25, -0.2) is 9.59 Å². The van der Waals surface area contributed by atoms with Crippen molar-refractivity contribution in [2.45, 2.75) is 105 Å². The quantitative estimate of drug-likeness (QED) is 0.0162. The number of aliphatic hydroxyl groups is 6. The summed E-state index contributed by atoms with van der Waals surface area (Å²) in [6, 6.07) is 22.1. The lowest BCUT2D eigenvalue weighted by Crippen LogP contribution is -2.61. The zero-order valence-corrected chi connectivity index (χ0v) is 51.2. The number of methoxy groups -OCH3 is 2. The van der Waals surface area contributed by atoms with Crippen molar-refractivity contribution in [2.24, 2.45) is 0 Å². The van der Waals surface area contributed by atoms with E-state index in [1.807, 2.05) is 0 Å². The molecule has 25 nitrogen and oxygen atoms in total. The molecule has 27 heteroatoms. The Labute approximate surface area is 536 Å². The summed E-state index contributed by atoms with van der Waals surface area (Å²) in [5.74, 6) is -5.03. The highest BCUT2D eigenvalue weighted by atomic mass is 35.5. The van der Waals surface area contributed by atoms with Gasteiger partial charge in [-0.15, -0.1) is 23.2 Å². The van der Waals surface area contributed by atoms with Crippen molar-refractivity contribution in [2.75, 3.05) is 67.3 Å². The second-order valence-electron chi connectivity index (χ2n) is 22.5. The van der Waals surface area contributed by atoms with Crippen LogP contribution in [0, 0.1) is 0 Å². The van der Waals surface area contributed by atoms with E-state index >= 15 is 0 Å². The number of carbonyl (C=O) groups is 8. The number of anilines is 3. The first-order chi connectivity index (χ1) is 44.2. The SMILES string of the molecule is COC(=O)[C@H]1O[C@@H](Oc2cc3c(c4ccccc24)[C@H](CCl)CN3C(=O)C=Cc2ccc(C=CC(=O)N3C[C@@H](CCl)c4c3cc(O[C@@H]3O[C@H](C(=O)OC)[C@@H](O)[C@H](O)[C@H]3O)c3ccccc43)c(NC(=O)CCNC(=O)CCCCCN3C(=O)C=CC3=O)c2)[C@H](O)[C@@H](O)[C@@H]1O. The third-order valence-electron chi connectivity index (χ3n) is 16.7. The number of fused-ring (bicyclic) bond motifs is 6. The molecule has 92 heavy (non-hydrogen) atoms. The average Bonchev–Trinajstić information content (AvgIpc) is 1.54. The van der Waals surface area contributed by atoms with E-state index in [9.17, 15) is 69.0 Å². The number of aliphatic hydroxyl groups excluding tert-OH is 6. The van der Waals surface area contributed by atoms with E-state index < -0.39 is 91.1 Å². The topological polar surface area (TPSA) is 347 Å². The molecule has 0 bridgehead atoms. The Morgan fingerprint density at radius 1 is 0.587 bits per heavy atom. The van der Waals surface area contributed by atoms with Gasteiger partial charge in [0.2, 0.25) is 24.4 Å². The number of imide groups is 1. The van der Waals surface area contributed by atoms with Crippen LogP contribution in [0.25, 0.3) is 33.7 Å². The van der Waals surface area contributed by atoms with E-state index in [-0.39, 0.29) is 97.5 Å². The Hall–Kier alpha value is -8.34. The smallest absolute Gasteiger partial charge is 0.337 e. The molecule has 5 aromatic rings. The molecule has 10 rings (SSSR count). The lowest BCUT2D eigenvalue weighted by molar-refractivity contribution is -0.271. The number of unbranched alkanes of at least 4 members (excludes halogenated alkanes) is 2. The number of amides is 6. The molecule has 5 aromatic carbocycles. The third kappa shape index (κ3) is 13.9. The molecule has 0 saturated carbocycles. The number of esters is 2. The lowest BCUT2D eigenvalue weighted by Gasteiger charge is -2.39. The maximum Gasteiger partial charge on any atom is 0.337 e. The number of nitrogens with zero attached hydrogens (tertiary/aromatic N) is 3. The van der Waals surface area contributed by atoms with Crippen molar-refractivity contribution >= 4 is 121 Å².